The average Bonchev–Trinajstić information content (AvgIpc) is 3.57. The number of carbonyl (C=O) groups is 1. The molecule has 6 rings (SSSR count). The number of hydrogen-bond acceptors (Lipinski definition) is 7. The molecule has 0 atom stereocenters. The number of aryl methyl sites for hydroxylation is 1. The number of nitrogens with zero attached hydrogens (tertiary/aromatic N) is 7. The summed E-state index contributed by atoms with van der Waals surface area (Å²) in [6, 6.07) is 8.06. The molecule has 1 saturated carbocycles. The highest BCUT2D eigenvalue weighted by Gasteiger charge is 2.37. The number of rotatable bonds is 6. The molecule has 12 heteroatoms. The van der Waals surface area contributed by atoms with Crippen LogP contribution in [0.4, 0.5) is 10.2 Å². The van der Waals surface area contributed by atoms with Crippen molar-refractivity contribution < 1.29 is 14.3 Å². The SMILES string of the molecule is Cn1nccc1N[C@H]1CC[C@H](C(=O)N2CCC(O)(Cn3cnc4c(cnn4-c4ccc(F)cc4)c3=O)CC2)CC1. The maximum absolute atomic E-state index is 13.3. The topological polar surface area (TPSA) is 123 Å². The van der Waals surface area contributed by atoms with Crippen LogP contribution in [0.15, 0.2) is 53.8 Å². The number of anilines is 1. The molecule has 0 radical (unpaired) electrons. The molecule has 2 fully saturated rings. The van der Waals surface area contributed by atoms with E-state index in [-0.39, 0.29) is 29.7 Å². The number of aliphatic hydroxyl groups is 1. The first-order chi connectivity index (χ1) is 19.3. The molecule has 11 nitrogen and oxygen atoms in total. The van der Waals surface area contributed by atoms with Crippen molar-refractivity contribution in [3.8, 4) is 5.69 Å². The summed E-state index contributed by atoms with van der Waals surface area (Å²) >= 11 is 0. The fraction of sp³-hybridized carbons (Fsp3) is 0.464. The van der Waals surface area contributed by atoms with Gasteiger partial charge in [-0.15, -0.1) is 0 Å². The zero-order chi connectivity index (χ0) is 27.9. The zero-order valence-corrected chi connectivity index (χ0v) is 22.4. The van der Waals surface area contributed by atoms with Crippen molar-refractivity contribution >= 4 is 22.8 Å². The second-order valence-electron chi connectivity index (χ2n) is 11.0. The predicted octanol–water partition coefficient (Wildman–Crippen LogP) is 2.48. The molecule has 0 unspecified atom stereocenters. The van der Waals surface area contributed by atoms with Crippen molar-refractivity contribution in [1.29, 1.82) is 0 Å². The van der Waals surface area contributed by atoms with E-state index in [1.807, 2.05) is 22.7 Å². The third-order valence-corrected chi connectivity index (χ3v) is 8.35. The minimum absolute atomic E-state index is 0.00245. The van der Waals surface area contributed by atoms with Crippen LogP contribution in [0.2, 0.25) is 0 Å². The predicted molar refractivity (Wildman–Crippen MR) is 146 cm³/mol. The number of amides is 1. The third kappa shape index (κ3) is 5.10. The first-order valence-electron chi connectivity index (χ1n) is 13.7. The summed E-state index contributed by atoms with van der Waals surface area (Å²) in [6.07, 6.45) is 8.92. The highest BCUT2D eigenvalue weighted by atomic mass is 19.1. The summed E-state index contributed by atoms with van der Waals surface area (Å²) in [6.45, 7) is 0.994. The lowest BCUT2D eigenvalue weighted by molar-refractivity contribution is -0.141. The van der Waals surface area contributed by atoms with E-state index in [1.165, 1.54) is 33.9 Å². The standard InChI is InChI=1S/C28H33FN8O3/c1-34-24(10-13-31-34)33-21-6-2-19(3-7-21)26(38)35-14-11-28(40,12-15-35)17-36-18-30-25-23(27(36)39)16-32-37(25)22-8-4-20(29)5-9-22/h4-5,8-10,13,16,18-19,21,33,40H,2-3,6-7,11-12,14-15,17H2,1H3/t19-,21-. The Hall–Kier alpha value is -4.06. The lowest BCUT2D eigenvalue weighted by atomic mass is 9.84. The molecule has 3 aromatic heterocycles. The molecule has 0 spiro atoms. The maximum Gasteiger partial charge on any atom is 0.264 e. The van der Waals surface area contributed by atoms with E-state index < -0.39 is 5.60 Å². The van der Waals surface area contributed by atoms with Crippen LogP contribution >= 0.6 is 0 Å². The van der Waals surface area contributed by atoms with Gasteiger partial charge in [-0.2, -0.15) is 10.2 Å². The Morgan fingerprint density at radius 3 is 2.50 bits per heavy atom. The van der Waals surface area contributed by atoms with Crippen LogP contribution in [0.5, 0.6) is 0 Å². The normalized spacial score (nSPS) is 21.0. The lowest BCUT2D eigenvalue weighted by Gasteiger charge is -2.40. The van der Waals surface area contributed by atoms with Crippen molar-refractivity contribution in [3.05, 3.63) is 65.2 Å². The number of aromatic nitrogens is 6. The third-order valence-electron chi connectivity index (χ3n) is 8.35. The van der Waals surface area contributed by atoms with Gasteiger partial charge in [-0.05, 0) is 62.8 Å². The van der Waals surface area contributed by atoms with E-state index in [0.717, 1.165) is 31.5 Å². The quantitative estimate of drug-likeness (QED) is 0.380. The lowest BCUT2D eigenvalue weighted by Crippen LogP contribution is -2.51. The van der Waals surface area contributed by atoms with Crippen molar-refractivity contribution in [2.75, 3.05) is 18.4 Å². The number of carbonyl (C=O) groups excluding carboxylic acids is 1. The van der Waals surface area contributed by atoms with E-state index in [0.29, 0.717) is 48.7 Å². The van der Waals surface area contributed by atoms with Gasteiger partial charge in [0, 0.05) is 38.2 Å². The molecule has 0 bridgehead atoms. The van der Waals surface area contributed by atoms with E-state index in [9.17, 15) is 19.1 Å². The monoisotopic (exact) mass is 548 g/mol. The number of fused-ring (bicyclic) bond motifs is 1. The summed E-state index contributed by atoms with van der Waals surface area (Å²) < 4.78 is 18.0. The fourth-order valence-electron chi connectivity index (χ4n) is 5.92. The number of hydrogen-bond donors (Lipinski definition) is 2. The Morgan fingerprint density at radius 1 is 1.10 bits per heavy atom. The number of halogens is 1. The van der Waals surface area contributed by atoms with Crippen LogP contribution in [0.25, 0.3) is 16.7 Å². The van der Waals surface area contributed by atoms with Crippen LogP contribution in [0.3, 0.4) is 0 Å². The highest BCUT2D eigenvalue weighted by Crippen LogP contribution is 2.31. The van der Waals surface area contributed by atoms with Gasteiger partial charge < -0.3 is 15.3 Å². The minimum atomic E-state index is -1.12. The Labute approximate surface area is 230 Å². The van der Waals surface area contributed by atoms with Crippen molar-refractivity contribution in [2.45, 2.75) is 56.7 Å². The van der Waals surface area contributed by atoms with Crippen molar-refractivity contribution in [1.82, 2.24) is 34.0 Å². The number of piperidine rings is 1. The molecule has 210 valence electrons. The first kappa shape index (κ1) is 26.2. The number of nitrogens with one attached hydrogen (secondary N) is 1. The summed E-state index contributed by atoms with van der Waals surface area (Å²) in [4.78, 5) is 32.7. The van der Waals surface area contributed by atoms with Gasteiger partial charge in [0.25, 0.3) is 5.56 Å². The minimum Gasteiger partial charge on any atom is -0.388 e. The molecule has 1 saturated heterocycles. The van der Waals surface area contributed by atoms with Gasteiger partial charge in [-0.25, -0.2) is 14.1 Å². The van der Waals surface area contributed by atoms with Crippen LogP contribution in [-0.4, -0.2) is 69.8 Å². The number of likely N-dealkylation sites (tertiary alicyclic amines) is 1. The highest BCUT2D eigenvalue weighted by molar-refractivity contribution is 5.79. The summed E-state index contributed by atoms with van der Waals surface area (Å²) in [5.41, 5.74) is -0.463. The van der Waals surface area contributed by atoms with Crippen LogP contribution < -0.4 is 10.9 Å². The Kier molecular flexibility index (Phi) is 6.87. The average molecular weight is 549 g/mol. The second kappa shape index (κ2) is 10.5. The Balaban J connectivity index is 1.05. The second-order valence-corrected chi connectivity index (χ2v) is 11.0. The van der Waals surface area contributed by atoms with Gasteiger partial charge in [-0.3, -0.25) is 18.8 Å². The number of benzene rings is 1. The van der Waals surface area contributed by atoms with E-state index in [1.54, 1.807) is 18.3 Å². The molecule has 2 aliphatic rings. The summed E-state index contributed by atoms with van der Waals surface area (Å²) in [5, 5.41) is 23.6. The van der Waals surface area contributed by atoms with Crippen LogP contribution in [0, 0.1) is 11.7 Å². The van der Waals surface area contributed by atoms with Crippen LogP contribution in [0.1, 0.15) is 38.5 Å². The molecule has 4 heterocycles. The fourth-order valence-corrected chi connectivity index (χ4v) is 5.92. The zero-order valence-electron chi connectivity index (χ0n) is 22.4. The van der Waals surface area contributed by atoms with E-state index >= 15 is 0 Å². The van der Waals surface area contributed by atoms with Crippen molar-refractivity contribution in [3.63, 3.8) is 0 Å². The molecule has 2 N–H and O–H groups in total. The molecular formula is C28H33FN8O3. The summed E-state index contributed by atoms with van der Waals surface area (Å²) in [5.74, 6) is 0.787. The van der Waals surface area contributed by atoms with Gasteiger partial charge in [0.15, 0.2) is 5.65 Å². The molecule has 1 aromatic carbocycles. The smallest absolute Gasteiger partial charge is 0.264 e. The molecule has 1 aliphatic carbocycles. The largest absolute Gasteiger partial charge is 0.388 e. The Morgan fingerprint density at radius 2 is 1.82 bits per heavy atom. The molecule has 4 aromatic rings. The van der Waals surface area contributed by atoms with Crippen LogP contribution in [-0.2, 0) is 18.4 Å². The van der Waals surface area contributed by atoms with E-state index in [4.69, 9.17) is 0 Å². The maximum atomic E-state index is 13.3. The van der Waals surface area contributed by atoms with Gasteiger partial charge in [-0.1, -0.05) is 0 Å². The molecule has 1 aliphatic heterocycles. The first-order valence-corrected chi connectivity index (χ1v) is 13.7. The van der Waals surface area contributed by atoms with Crippen molar-refractivity contribution in [2.24, 2.45) is 13.0 Å². The van der Waals surface area contributed by atoms with Gasteiger partial charge in [0.1, 0.15) is 23.3 Å². The molecule has 1 amide bonds. The van der Waals surface area contributed by atoms with E-state index in [2.05, 4.69) is 20.5 Å². The molecule has 40 heavy (non-hydrogen) atoms. The molecular weight excluding hydrogens is 515 g/mol. The summed E-state index contributed by atoms with van der Waals surface area (Å²) in [7, 11) is 1.91. The van der Waals surface area contributed by atoms with Gasteiger partial charge in [0.2, 0.25) is 5.91 Å². The van der Waals surface area contributed by atoms with Gasteiger partial charge >= 0.3 is 0 Å². The van der Waals surface area contributed by atoms with Gasteiger partial charge in [0.05, 0.1) is 30.2 Å². The Bertz CT molecular complexity index is 1560.